The molecule has 1 heterocycles. The van der Waals surface area contributed by atoms with Gasteiger partial charge in [-0.25, -0.2) is 0 Å². The molecule has 110 valence electrons. The van der Waals surface area contributed by atoms with Crippen molar-refractivity contribution in [2.75, 3.05) is 0 Å². The van der Waals surface area contributed by atoms with Gasteiger partial charge in [0.1, 0.15) is 17.3 Å². The third-order valence-electron chi connectivity index (χ3n) is 3.19. The summed E-state index contributed by atoms with van der Waals surface area (Å²) in [5, 5.41) is 8.44. The van der Waals surface area contributed by atoms with Gasteiger partial charge in [-0.3, -0.25) is 0 Å². The number of H-pyrrole nitrogens is 1. The van der Waals surface area contributed by atoms with Crippen molar-refractivity contribution in [1.82, 2.24) is 4.98 Å². The first-order chi connectivity index (χ1) is 9.77. The van der Waals surface area contributed by atoms with Crippen LogP contribution in [0.3, 0.4) is 0 Å². The molecule has 1 aromatic carbocycles. The Balaban J connectivity index is 2.74. The maximum absolute atomic E-state index is 13.0. The number of benzene rings is 1. The predicted octanol–water partition coefficient (Wildman–Crippen LogP) is 5.35. The summed E-state index contributed by atoms with van der Waals surface area (Å²) >= 11 is 5.90. The molecule has 1 N–H and O–H groups in total. The Kier molecular flexibility index (Phi) is 4.02. The van der Waals surface area contributed by atoms with Crippen molar-refractivity contribution >= 4 is 11.6 Å². The quantitative estimate of drug-likeness (QED) is 0.797. The second-order valence-electron chi connectivity index (χ2n) is 4.92. The van der Waals surface area contributed by atoms with Gasteiger partial charge in [-0.2, -0.15) is 18.4 Å². The van der Waals surface area contributed by atoms with Crippen LogP contribution in [0.2, 0.25) is 5.02 Å². The van der Waals surface area contributed by atoms with Gasteiger partial charge in [0.25, 0.3) is 0 Å². The molecule has 2 rings (SSSR count). The smallest absolute Gasteiger partial charge is 0.345 e. The van der Waals surface area contributed by atoms with Crippen molar-refractivity contribution in [3.05, 3.63) is 46.1 Å². The molecule has 0 saturated carbocycles. The Labute approximate surface area is 125 Å². The fourth-order valence-electron chi connectivity index (χ4n) is 2.24. The molecule has 0 atom stereocenters. The van der Waals surface area contributed by atoms with E-state index in [-0.39, 0.29) is 11.6 Å². The largest absolute Gasteiger partial charge is 0.420 e. The number of hydrogen-bond donors (Lipinski definition) is 1. The molecule has 0 amide bonds. The maximum atomic E-state index is 13.0. The van der Waals surface area contributed by atoms with E-state index in [0.717, 1.165) is 5.56 Å². The van der Waals surface area contributed by atoms with E-state index in [1.165, 1.54) is 6.07 Å². The standard InChI is InChI=1S/C15H12ClF3N2/c1-8(2)9-5-3-4-6-10(9)14-13(16)12(15(17,18)19)11(7-20)21-14/h3-6,8,21H,1-2H3. The Morgan fingerprint density at radius 2 is 1.86 bits per heavy atom. The minimum atomic E-state index is -4.68. The van der Waals surface area contributed by atoms with Crippen LogP contribution in [0, 0.1) is 11.3 Å². The van der Waals surface area contributed by atoms with E-state index in [1.807, 2.05) is 26.0 Å². The molecule has 0 aliphatic heterocycles. The molecule has 0 fully saturated rings. The van der Waals surface area contributed by atoms with Gasteiger partial charge < -0.3 is 4.98 Å². The van der Waals surface area contributed by atoms with Crippen LogP contribution in [0.1, 0.15) is 36.6 Å². The lowest BCUT2D eigenvalue weighted by atomic mass is 9.95. The van der Waals surface area contributed by atoms with Gasteiger partial charge in [0.15, 0.2) is 0 Å². The zero-order valence-electron chi connectivity index (χ0n) is 11.3. The van der Waals surface area contributed by atoms with Crippen LogP contribution in [0.4, 0.5) is 13.2 Å². The number of rotatable bonds is 2. The van der Waals surface area contributed by atoms with Crippen LogP contribution in [0.15, 0.2) is 24.3 Å². The Hall–Kier alpha value is -1.93. The van der Waals surface area contributed by atoms with Gasteiger partial charge in [-0.1, -0.05) is 49.7 Å². The van der Waals surface area contributed by atoms with Gasteiger partial charge in [0.05, 0.1) is 10.7 Å². The Bertz CT molecular complexity index is 709. The minimum Gasteiger partial charge on any atom is -0.345 e. The maximum Gasteiger partial charge on any atom is 0.420 e. The molecular weight excluding hydrogens is 301 g/mol. The SMILES string of the molecule is CC(C)c1ccccc1-c1[nH]c(C#N)c(C(F)(F)F)c1Cl. The second kappa shape index (κ2) is 5.45. The topological polar surface area (TPSA) is 39.6 Å². The van der Waals surface area contributed by atoms with Crippen molar-refractivity contribution in [1.29, 1.82) is 5.26 Å². The molecular formula is C15H12ClF3N2. The van der Waals surface area contributed by atoms with E-state index in [0.29, 0.717) is 5.56 Å². The van der Waals surface area contributed by atoms with E-state index < -0.39 is 22.5 Å². The summed E-state index contributed by atoms with van der Waals surface area (Å²) in [6, 6.07) is 8.57. The van der Waals surface area contributed by atoms with Gasteiger partial charge in [0.2, 0.25) is 0 Å². The molecule has 2 nitrogen and oxygen atoms in total. The number of nitrogens with one attached hydrogen (secondary N) is 1. The number of nitrogens with zero attached hydrogens (tertiary/aromatic N) is 1. The summed E-state index contributed by atoms with van der Waals surface area (Å²) in [7, 11) is 0. The second-order valence-corrected chi connectivity index (χ2v) is 5.29. The predicted molar refractivity (Wildman–Crippen MR) is 75.0 cm³/mol. The van der Waals surface area contributed by atoms with Crippen molar-refractivity contribution in [2.45, 2.75) is 25.9 Å². The van der Waals surface area contributed by atoms with Crippen molar-refractivity contribution in [3.8, 4) is 17.3 Å². The molecule has 0 aliphatic rings. The molecule has 0 radical (unpaired) electrons. The number of hydrogen-bond acceptors (Lipinski definition) is 1. The third kappa shape index (κ3) is 2.77. The van der Waals surface area contributed by atoms with Gasteiger partial charge in [0, 0.05) is 5.56 Å². The minimum absolute atomic E-state index is 0.112. The van der Waals surface area contributed by atoms with Crippen LogP contribution >= 0.6 is 11.6 Å². The molecule has 0 unspecified atom stereocenters. The molecule has 0 saturated heterocycles. The van der Waals surface area contributed by atoms with E-state index in [9.17, 15) is 13.2 Å². The average Bonchev–Trinajstić information content (AvgIpc) is 2.75. The lowest BCUT2D eigenvalue weighted by Crippen LogP contribution is -2.06. The normalized spacial score (nSPS) is 11.7. The Morgan fingerprint density at radius 3 is 2.33 bits per heavy atom. The molecule has 0 aliphatic carbocycles. The van der Waals surface area contributed by atoms with E-state index in [1.54, 1.807) is 12.1 Å². The van der Waals surface area contributed by atoms with Crippen LogP contribution in [-0.2, 0) is 6.18 Å². The molecule has 6 heteroatoms. The van der Waals surface area contributed by atoms with Crippen molar-refractivity contribution < 1.29 is 13.2 Å². The van der Waals surface area contributed by atoms with Crippen LogP contribution in [-0.4, -0.2) is 4.98 Å². The summed E-state index contributed by atoms with van der Waals surface area (Å²) in [5.74, 6) is 0.112. The molecule has 1 aromatic heterocycles. The first kappa shape index (κ1) is 15.5. The van der Waals surface area contributed by atoms with Crippen LogP contribution < -0.4 is 0 Å². The lowest BCUT2D eigenvalue weighted by molar-refractivity contribution is -0.137. The molecule has 2 aromatic rings. The van der Waals surface area contributed by atoms with Crippen LogP contribution in [0.25, 0.3) is 11.3 Å². The Morgan fingerprint density at radius 1 is 1.24 bits per heavy atom. The van der Waals surface area contributed by atoms with E-state index >= 15 is 0 Å². The summed E-state index contributed by atoms with van der Waals surface area (Å²) in [6.45, 7) is 3.87. The van der Waals surface area contributed by atoms with E-state index in [2.05, 4.69) is 4.98 Å². The van der Waals surface area contributed by atoms with E-state index in [4.69, 9.17) is 16.9 Å². The average molecular weight is 313 g/mol. The third-order valence-corrected chi connectivity index (χ3v) is 3.56. The summed E-state index contributed by atoms with van der Waals surface area (Å²) < 4.78 is 39.1. The number of halogens is 4. The monoisotopic (exact) mass is 312 g/mol. The highest BCUT2D eigenvalue weighted by atomic mass is 35.5. The fraction of sp³-hybridized carbons (Fsp3) is 0.267. The van der Waals surface area contributed by atoms with Crippen molar-refractivity contribution in [3.63, 3.8) is 0 Å². The fourth-order valence-corrected chi connectivity index (χ4v) is 2.59. The number of alkyl halides is 3. The van der Waals surface area contributed by atoms with Gasteiger partial charge in [-0.15, -0.1) is 0 Å². The molecule has 21 heavy (non-hydrogen) atoms. The molecule has 0 bridgehead atoms. The van der Waals surface area contributed by atoms with Gasteiger partial charge in [-0.05, 0) is 11.5 Å². The highest BCUT2D eigenvalue weighted by Crippen LogP contribution is 2.43. The first-order valence-corrected chi connectivity index (χ1v) is 6.63. The number of nitriles is 1. The zero-order chi connectivity index (χ0) is 15.8. The number of aromatic amines is 1. The zero-order valence-corrected chi connectivity index (χ0v) is 12.1. The lowest BCUT2D eigenvalue weighted by Gasteiger charge is -2.12. The highest BCUT2D eigenvalue weighted by molar-refractivity contribution is 6.34. The first-order valence-electron chi connectivity index (χ1n) is 6.25. The van der Waals surface area contributed by atoms with Gasteiger partial charge >= 0.3 is 6.18 Å². The summed E-state index contributed by atoms with van der Waals surface area (Å²) in [4.78, 5) is 2.50. The summed E-state index contributed by atoms with van der Waals surface area (Å²) in [5.41, 5.74) is -0.116. The van der Waals surface area contributed by atoms with Crippen molar-refractivity contribution in [2.24, 2.45) is 0 Å². The molecule has 0 spiro atoms. The summed E-state index contributed by atoms with van der Waals surface area (Å²) in [6.07, 6.45) is -4.68. The van der Waals surface area contributed by atoms with Crippen LogP contribution in [0.5, 0.6) is 0 Å². The highest BCUT2D eigenvalue weighted by Gasteiger charge is 2.39. The number of aromatic nitrogens is 1.